The Kier molecular flexibility index (Phi) is 5.16. The van der Waals surface area contributed by atoms with Gasteiger partial charge >= 0.3 is 0 Å². The fourth-order valence-electron chi connectivity index (χ4n) is 2.12. The minimum absolute atomic E-state index is 0.276. The summed E-state index contributed by atoms with van der Waals surface area (Å²) in [6.45, 7) is 3.57. The van der Waals surface area contributed by atoms with E-state index in [1.807, 2.05) is 0 Å². The summed E-state index contributed by atoms with van der Waals surface area (Å²) in [5.74, 6) is 0. The van der Waals surface area contributed by atoms with Crippen LogP contribution < -0.4 is 5.32 Å². The molecule has 2 rings (SSSR count). The molecule has 1 saturated heterocycles. The molecule has 1 heterocycles. The molecule has 1 aliphatic rings. The summed E-state index contributed by atoms with van der Waals surface area (Å²) in [5, 5.41) is 5.09. The second kappa shape index (κ2) is 6.44. The van der Waals surface area contributed by atoms with Gasteiger partial charge in [-0.05, 0) is 31.9 Å². The van der Waals surface area contributed by atoms with Gasteiger partial charge in [0.1, 0.15) is 0 Å². The van der Waals surface area contributed by atoms with Crippen molar-refractivity contribution < 1.29 is 4.74 Å². The summed E-state index contributed by atoms with van der Waals surface area (Å²) >= 11 is 18.3. The van der Waals surface area contributed by atoms with Crippen molar-refractivity contribution in [1.82, 2.24) is 5.32 Å². The Morgan fingerprint density at radius 3 is 2.72 bits per heavy atom. The van der Waals surface area contributed by atoms with Gasteiger partial charge < -0.3 is 10.1 Å². The molecule has 18 heavy (non-hydrogen) atoms. The molecule has 5 heteroatoms. The summed E-state index contributed by atoms with van der Waals surface area (Å²) in [4.78, 5) is 0. The first kappa shape index (κ1) is 14.4. The van der Waals surface area contributed by atoms with E-state index in [9.17, 15) is 0 Å². The second-order valence-corrected chi connectivity index (χ2v) is 5.74. The average Bonchev–Trinajstić information content (AvgIpc) is 2.87. The summed E-state index contributed by atoms with van der Waals surface area (Å²) in [6, 6.07) is 3.75. The molecule has 0 radical (unpaired) electrons. The molecule has 0 amide bonds. The minimum atomic E-state index is 0.276. The van der Waals surface area contributed by atoms with Crippen LogP contribution >= 0.6 is 34.8 Å². The highest BCUT2D eigenvalue weighted by atomic mass is 35.5. The van der Waals surface area contributed by atoms with Gasteiger partial charge in [0.2, 0.25) is 0 Å². The topological polar surface area (TPSA) is 21.3 Å². The summed E-state index contributed by atoms with van der Waals surface area (Å²) < 4.78 is 5.63. The van der Waals surface area contributed by atoms with E-state index in [1.165, 1.54) is 0 Å². The number of benzene rings is 1. The Morgan fingerprint density at radius 2 is 2.06 bits per heavy atom. The molecule has 0 spiro atoms. The van der Waals surface area contributed by atoms with Crippen molar-refractivity contribution in [3.05, 3.63) is 32.8 Å². The largest absolute Gasteiger partial charge is 0.377 e. The van der Waals surface area contributed by atoms with E-state index < -0.39 is 0 Å². The van der Waals surface area contributed by atoms with Crippen molar-refractivity contribution in [2.45, 2.75) is 38.5 Å². The molecule has 100 valence electrons. The SMILES string of the molecule is CC(NCc1c(Cl)ccc(Cl)c1Cl)C1CCCO1. The lowest BCUT2D eigenvalue weighted by Gasteiger charge is -2.21. The van der Waals surface area contributed by atoms with Gasteiger partial charge in [0.25, 0.3) is 0 Å². The van der Waals surface area contributed by atoms with E-state index in [2.05, 4.69) is 12.2 Å². The highest BCUT2D eigenvalue weighted by molar-refractivity contribution is 6.44. The monoisotopic (exact) mass is 307 g/mol. The van der Waals surface area contributed by atoms with Crippen molar-refractivity contribution in [2.75, 3.05) is 6.61 Å². The maximum absolute atomic E-state index is 6.15. The zero-order valence-electron chi connectivity index (χ0n) is 10.2. The second-order valence-electron chi connectivity index (χ2n) is 4.54. The van der Waals surface area contributed by atoms with E-state index in [0.29, 0.717) is 21.6 Å². The molecule has 1 aromatic rings. The van der Waals surface area contributed by atoms with E-state index in [0.717, 1.165) is 25.0 Å². The van der Waals surface area contributed by atoms with Crippen LogP contribution in [0.3, 0.4) is 0 Å². The molecule has 0 aromatic heterocycles. The van der Waals surface area contributed by atoms with Crippen molar-refractivity contribution in [1.29, 1.82) is 0 Å². The third-order valence-electron chi connectivity index (χ3n) is 3.26. The number of rotatable bonds is 4. The van der Waals surface area contributed by atoms with Gasteiger partial charge in [-0.25, -0.2) is 0 Å². The summed E-state index contributed by atoms with van der Waals surface area (Å²) in [5.41, 5.74) is 0.843. The third-order valence-corrected chi connectivity index (χ3v) is 4.46. The van der Waals surface area contributed by atoms with E-state index in [-0.39, 0.29) is 12.1 Å². The first-order chi connectivity index (χ1) is 8.59. The van der Waals surface area contributed by atoms with Crippen LogP contribution in [0.4, 0.5) is 0 Å². The molecule has 0 aliphatic carbocycles. The molecular weight excluding hydrogens is 293 g/mol. The highest BCUT2D eigenvalue weighted by Gasteiger charge is 2.22. The Hall–Kier alpha value is 0.01000. The maximum Gasteiger partial charge on any atom is 0.0726 e. The molecule has 1 N–H and O–H groups in total. The number of halogens is 3. The highest BCUT2D eigenvalue weighted by Crippen LogP contribution is 2.31. The lowest BCUT2D eigenvalue weighted by molar-refractivity contribution is 0.0832. The number of hydrogen-bond acceptors (Lipinski definition) is 2. The van der Waals surface area contributed by atoms with Crippen LogP contribution in [-0.2, 0) is 11.3 Å². The van der Waals surface area contributed by atoms with E-state index in [1.54, 1.807) is 12.1 Å². The maximum atomic E-state index is 6.15. The molecule has 1 aromatic carbocycles. The Labute approximate surface area is 123 Å². The predicted octanol–water partition coefficient (Wildman–Crippen LogP) is 4.30. The molecule has 2 unspecified atom stereocenters. The molecule has 0 bridgehead atoms. The quantitative estimate of drug-likeness (QED) is 0.837. The van der Waals surface area contributed by atoms with Gasteiger partial charge in [-0.3, -0.25) is 0 Å². The standard InChI is InChI=1S/C13H16Cl3NO/c1-8(12-3-2-6-18-12)17-7-9-10(14)4-5-11(15)13(9)16/h4-5,8,12,17H,2-3,6-7H2,1H3. The molecule has 0 saturated carbocycles. The lowest BCUT2D eigenvalue weighted by Crippen LogP contribution is -2.36. The molecule has 1 aliphatic heterocycles. The van der Waals surface area contributed by atoms with Crippen LogP contribution in [0.5, 0.6) is 0 Å². The minimum Gasteiger partial charge on any atom is -0.377 e. The van der Waals surface area contributed by atoms with Crippen LogP contribution in [-0.4, -0.2) is 18.8 Å². The van der Waals surface area contributed by atoms with Crippen molar-refractivity contribution in [3.8, 4) is 0 Å². The molecule has 2 atom stereocenters. The van der Waals surface area contributed by atoms with Gasteiger partial charge in [-0.2, -0.15) is 0 Å². The van der Waals surface area contributed by atoms with E-state index >= 15 is 0 Å². The predicted molar refractivity (Wildman–Crippen MR) is 76.7 cm³/mol. The van der Waals surface area contributed by atoms with Crippen molar-refractivity contribution in [3.63, 3.8) is 0 Å². The fraction of sp³-hybridized carbons (Fsp3) is 0.538. The first-order valence-corrected chi connectivity index (χ1v) is 7.20. The molecular formula is C13H16Cl3NO. The van der Waals surface area contributed by atoms with Crippen molar-refractivity contribution in [2.24, 2.45) is 0 Å². The van der Waals surface area contributed by atoms with Crippen LogP contribution in [0.25, 0.3) is 0 Å². The van der Waals surface area contributed by atoms with Gasteiger partial charge in [-0.1, -0.05) is 34.8 Å². The Morgan fingerprint density at radius 1 is 1.33 bits per heavy atom. The Balaban J connectivity index is 1.99. The van der Waals surface area contributed by atoms with Crippen LogP contribution in [0, 0.1) is 0 Å². The fourth-order valence-corrected chi connectivity index (χ4v) is 2.80. The summed E-state index contributed by atoms with van der Waals surface area (Å²) in [6.07, 6.45) is 2.52. The van der Waals surface area contributed by atoms with Crippen LogP contribution in [0.2, 0.25) is 15.1 Å². The van der Waals surface area contributed by atoms with Crippen LogP contribution in [0.15, 0.2) is 12.1 Å². The average molecular weight is 309 g/mol. The van der Waals surface area contributed by atoms with Crippen LogP contribution in [0.1, 0.15) is 25.3 Å². The summed E-state index contributed by atoms with van der Waals surface area (Å²) in [7, 11) is 0. The smallest absolute Gasteiger partial charge is 0.0726 e. The van der Waals surface area contributed by atoms with Gasteiger partial charge in [-0.15, -0.1) is 0 Å². The van der Waals surface area contributed by atoms with Gasteiger partial charge in [0.05, 0.1) is 16.1 Å². The number of hydrogen-bond donors (Lipinski definition) is 1. The van der Waals surface area contributed by atoms with Crippen molar-refractivity contribution >= 4 is 34.8 Å². The van der Waals surface area contributed by atoms with Gasteiger partial charge in [0, 0.05) is 29.8 Å². The number of nitrogens with one attached hydrogen (secondary N) is 1. The molecule has 2 nitrogen and oxygen atoms in total. The zero-order chi connectivity index (χ0) is 13.1. The van der Waals surface area contributed by atoms with Gasteiger partial charge in [0.15, 0.2) is 0 Å². The molecule has 1 fully saturated rings. The lowest BCUT2D eigenvalue weighted by atomic mass is 10.1. The zero-order valence-corrected chi connectivity index (χ0v) is 12.4. The number of ether oxygens (including phenoxy) is 1. The third kappa shape index (κ3) is 3.31. The normalized spacial score (nSPS) is 21.2. The first-order valence-electron chi connectivity index (χ1n) is 6.07. The Bertz CT molecular complexity index is 419. The van der Waals surface area contributed by atoms with E-state index in [4.69, 9.17) is 39.5 Å².